The molecule has 0 bridgehead atoms. The lowest BCUT2D eigenvalue weighted by molar-refractivity contribution is 1.32. The fourth-order valence-electron chi connectivity index (χ4n) is 2.82. The van der Waals surface area contributed by atoms with Crippen LogP contribution in [0.25, 0.3) is 42.7 Å². The highest BCUT2D eigenvalue weighted by atomic mass is 32.1. The Morgan fingerprint density at radius 2 is 1.48 bits per heavy atom. The molecule has 4 heteroatoms. The lowest BCUT2D eigenvalue weighted by Crippen LogP contribution is -1.88. The molecule has 0 N–H and O–H groups in total. The van der Waals surface area contributed by atoms with Gasteiger partial charge in [0.15, 0.2) is 0 Å². The van der Waals surface area contributed by atoms with Gasteiger partial charge in [0.05, 0.1) is 26.3 Å². The molecule has 0 saturated carbocycles. The topological polar surface area (TPSA) is 38.7 Å². The molecular formula is C19H11N3S. The van der Waals surface area contributed by atoms with Crippen molar-refractivity contribution in [3.8, 4) is 11.4 Å². The molecule has 108 valence electrons. The van der Waals surface area contributed by atoms with E-state index in [9.17, 15) is 0 Å². The molecule has 0 aliphatic rings. The van der Waals surface area contributed by atoms with E-state index in [-0.39, 0.29) is 0 Å². The Morgan fingerprint density at radius 1 is 0.652 bits per heavy atom. The van der Waals surface area contributed by atoms with E-state index in [4.69, 9.17) is 9.97 Å². The van der Waals surface area contributed by atoms with Gasteiger partial charge in [-0.05, 0) is 36.4 Å². The standard InChI is InChI=1S/C19H11N3S/c1-2-5-13-12(4-1)7-8-14(21-13)15-9-10-17-19(22-15)18-16(23-17)6-3-11-20-18/h1-11H. The number of thiophene rings is 1. The molecule has 0 aliphatic carbocycles. The van der Waals surface area contributed by atoms with E-state index in [1.54, 1.807) is 11.3 Å². The van der Waals surface area contributed by atoms with Gasteiger partial charge < -0.3 is 0 Å². The number of fused-ring (bicyclic) bond motifs is 4. The van der Waals surface area contributed by atoms with Crippen LogP contribution in [-0.4, -0.2) is 15.0 Å². The maximum Gasteiger partial charge on any atom is 0.108 e. The number of hydrogen-bond donors (Lipinski definition) is 0. The van der Waals surface area contributed by atoms with E-state index in [1.807, 2.05) is 42.6 Å². The van der Waals surface area contributed by atoms with Gasteiger partial charge in [0.2, 0.25) is 0 Å². The molecule has 0 saturated heterocycles. The van der Waals surface area contributed by atoms with Gasteiger partial charge in [-0.1, -0.05) is 24.3 Å². The van der Waals surface area contributed by atoms with Crippen LogP contribution in [-0.2, 0) is 0 Å². The molecule has 0 atom stereocenters. The van der Waals surface area contributed by atoms with Crippen LogP contribution in [0, 0.1) is 0 Å². The summed E-state index contributed by atoms with van der Waals surface area (Å²) in [6.07, 6.45) is 1.82. The van der Waals surface area contributed by atoms with Gasteiger partial charge in [-0.3, -0.25) is 4.98 Å². The summed E-state index contributed by atoms with van der Waals surface area (Å²) in [7, 11) is 0. The van der Waals surface area contributed by atoms with Crippen molar-refractivity contribution >= 4 is 42.7 Å². The van der Waals surface area contributed by atoms with Crippen LogP contribution < -0.4 is 0 Å². The fraction of sp³-hybridized carbons (Fsp3) is 0. The minimum absolute atomic E-state index is 0.883. The molecule has 0 fully saturated rings. The fourth-order valence-corrected chi connectivity index (χ4v) is 3.82. The normalized spacial score (nSPS) is 11.5. The highest BCUT2D eigenvalue weighted by molar-refractivity contribution is 7.25. The Labute approximate surface area is 136 Å². The van der Waals surface area contributed by atoms with Gasteiger partial charge in [0.25, 0.3) is 0 Å². The van der Waals surface area contributed by atoms with Gasteiger partial charge in [-0.15, -0.1) is 11.3 Å². The first-order valence-corrected chi connectivity index (χ1v) is 8.21. The smallest absolute Gasteiger partial charge is 0.108 e. The van der Waals surface area contributed by atoms with Crippen LogP contribution in [0.1, 0.15) is 0 Å². The number of benzene rings is 1. The summed E-state index contributed by atoms with van der Waals surface area (Å²) in [6.45, 7) is 0. The van der Waals surface area contributed by atoms with Crippen LogP contribution in [0.15, 0.2) is 66.9 Å². The van der Waals surface area contributed by atoms with E-state index in [0.29, 0.717) is 0 Å². The Kier molecular flexibility index (Phi) is 2.66. The second kappa shape index (κ2) is 4.83. The molecule has 0 amide bonds. The summed E-state index contributed by atoms with van der Waals surface area (Å²) in [5.74, 6) is 0. The summed E-state index contributed by atoms with van der Waals surface area (Å²) >= 11 is 1.72. The zero-order valence-corrected chi connectivity index (χ0v) is 12.9. The van der Waals surface area contributed by atoms with E-state index in [2.05, 4.69) is 29.2 Å². The molecule has 23 heavy (non-hydrogen) atoms. The van der Waals surface area contributed by atoms with Crippen LogP contribution in [0.3, 0.4) is 0 Å². The summed E-state index contributed by atoms with van der Waals surface area (Å²) in [6, 6.07) is 20.4. The number of para-hydroxylation sites is 1. The van der Waals surface area contributed by atoms with Crippen LogP contribution >= 0.6 is 11.3 Å². The van der Waals surface area contributed by atoms with Crippen molar-refractivity contribution in [3.63, 3.8) is 0 Å². The molecule has 0 aliphatic heterocycles. The summed E-state index contributed by atoms with van der Waals surface area (Å²) in [5.41, 5.74) is 4.68. The first-order valence-electron chi connectivity index (χ1n) is 7.39. The SMILES string of the molecule is c1ccc2nc(-c3ccc4sc5cccnc5c4n3)ccc2c1. The first kappa shape index (κ1) is 12.7. The molecule has 1 aromatic carbocycles. The molecule has 5 rings (SSSR count). The largest absolute Gasteiger partial charge is 0.253 e. The molecule has 4 aromatic heterocycles. The van der Waals surface area contributed by atoms with Crippen molar-refractivity contribution in [3.05, 3.63) is 66.9 Å². The van der Waals surface area contributed by atoms with Crippen LogP contribution in [0.2, 0.25) is 0 Å². The monoisotopic (exact) mass is 313 g/mol. The lowest BCUT2D eigenvalue weighted by atomic mass is 10.1. The number of aromatic nitrogens is 3. The van der Waals surface area contributed by atoms with Crippen molar-refractivity contribution in [2.45, 2.75) is 0 Å². The van der Waals surface area contributed by atoms with Crippen molar-refractivity contribution in [1.29, 1.82) is 0 Å². The molecular weight excluding hydrogens is 302 g/mol. The Bertz CT molecular complexity index is 1180. The van der Waals surface area contributed by atoms with Gasteiger partial charge >= 0.3 is 0 Å². The Balaban J connectivity index is 1.76. The van der Waals surface area contributed by atoms with E-state index >= 15 is 0 Å². The Morgan fingerprint density at radius 3 is 2.48 bits per heavy atom. The minimum atomic E-state index is 0.883. The number of pyridine rings is 3. The molecule has 0 radical (unpaired) electrons. The van der Waals surface area contributed by atoms with Gasteiger partial charge in [-0.25, -0.2) is 9.97 Å². The third-order valence-corrected chi connectivity index (χ3v) is 5.03. The average molecular weight is 313 g/mol. The number of hydrogen-bond acceptors (Lipinski definition) is 4. The van der Waals surface area contributed by atoms with Gasteiger partial charge in [0.1, 0.15) is 11.0 Å². The van der Waals surface area contributed by atoms with Gasteiger partial charge in [0, 0.05) is 11.6 Å². The Hall–Kier alpha value is -2.85. The first-order chi connectivity index (χ1) is 11.4. The highest BCUT2D eigenvalue weighted by Gasteiger charge is 2.10. The second-order valence-electron chi connectivity index (χ2n) is 5.38. The van der Waals surface area contributed by atoms with E-state index in [1.165, 1.54) is 4.70 Å². The number of rotatable bonds is 1. The van der Waals surface area contributed by atoms with Crippen molar-refractivity contribution in [2.75, 3.05) is 0 Å². The summed E-state index contributed by atoms with van der Waals surface area (Å²) in [5, 5.41) is 1.14. The quantitative estimate of drug-likeness (QED) is 0.434. The summed E-state index contributed by atoms with van der Waals surface area (Å²) < 4.78 is 2.32. The molecule has 5 aromatic rings. The van der Waals surface area contributed by atoms with Crippen molar-refractivity contribution < 1.29 is 0 Å². The van der Waals surface area contributed by atoms with Gasteiger partial charge in [-0.2, -0.15) is 0 Å². The third-order valence-electron chi connectivity index (χ3n) is 3.93. The van der Waals surface area contributed by atoms with E-state index in [0.717, 1.165) is 38.0 Å². The molecule has 4 heterocycles. The third kappa shape index (κ3) is 1.99. The predicted molar refractivity (Wildman–Crippen MR) is 95.7 cm³/mol. The zero-order chi connectivity index (χ0) is 15.2. The van der Waals surface area contributed by atoms with Crippen LogP contribution in [0.5, 0.6) is 0 Å². The maximum atomic E-state index is 4.83. The van der Waals surface area contributed by atoms with E-state index < -0.39 is 0 Å². The average Bonchev–Trinajstić information content (AvgIpc) is 2.99. The van der Waals surface area contributed by atoms with Crippen molar-refractivity contribution in [1.82, 2.24) is 15.0 Å². The van der Waals surface area contributed by atoms with Crippen molar-refractivity contribution in [2.24, 2.45) is 0 Å². The second-order valence-corrected chi connectivity index (χ2v) is 6.47. The summed E-state index contributed by atoms with van der Waals surface area (Å²) in [4.78, 5) is 14.0. The van der Waals surface area contributed by atoms with Crippen LogP contribution in [0.4, 0.5) is 0 Å². The number of nitrogens with zero attached hydrogens (tertiary/aromatic N) is 3. The molecule has 3 nitrogen and oxygen atoms in total. The maximum absolute atomic E-state index is 4.83. The highest BCUT2D eigenvalue weighted by Crippen LogP contribution is 2.32. The minimum Gasteiger partial charge on any atom is -0.253 e. The predicted octanol–water partition coefficient (Wildman–Crippen LogP) is 5.06. The molecule has 0 unspecified atom stereocenters. The molecule has 0 spiro atoms. The lowest BCUT2D eigenvalue weighted by Gasteiger charge is -2.03. The zero-order valence-electron chi connectivity index (χ0n) is 12.1.